The summed E-state index contributed by atoms with van der Waals surface area (Å²) in [6.07, 6.45) is 4.70. The monoisotopic (exact) mass is 803 g/mol. The van der Waals surface area contributed by atoms with E-state index in [0.29, 0.717) is 19.5 Å². The molecule has 0 aliphatic carbocycles. The number of carbonyl (C=O) groups is 4. The second-order valence-corrected chi connectivity index (χ2v) is 17.3. The molecule has 0 unspecified atom stereocenters. The zero-order valence-corrected chi connectivity index (χ0v) is 35.4. The number of alkyl carbamates (subject to hydrolysis) is 2. The number of nitrogens with zero attached hydrogens (tertiary/aromatic N) is 4. The number of aliphatic imine (C=N–C) groups is 2. The molecule has 13 heteroatoms. The third-order valence-corrected chi connectivity index (χ3v) is 12.2. The Labute approximate surface area is 346 Å². The number of fused-ring (bicyclic) bond motifs is 2. The number of carbonyl (C=O) groups excluding carboxylic acids is 4. The van der Waals surface area contributed by atoms with Crippen molar-refractivity contribution >= 4 is 57.6 Å². The Balaban J connectivity index is 1.05. The van der Waals surface area contributed by atoms with Crippen molar-refractivity contribution in [1.29, 1.82) is 0 Å². The van der Waals surface area contributed by atoms with Gasteiger partial charge in [0, 0.05) is 42.7 Å². The average Bonchev–Trinajstić information content (AvgIpc) is 4.02. The second kappa shape index (κ2) is 16.9. The zero-order chi connectivity index (χ0) is 42.2. The van der Waals surface area contributed by atoms with Gasteiger partial charge < -0.3 is 35.2 Å². The second-order valence-electron chi connectivity index (χ2n) is 17.3. The van der Waals surface area contributed by atoms with Crippen molar-refractivity contribution in [1.82, 2.24) is 20.4 Å². The first-order valence-electron chi connectivity index (χ1n) is 20.8. The minimum absolute atomic E-state index is 0.0898. The van der Waals surface area contributed by atoms with Gasteiger partial charge in [0.05, 0.1) is 31.8 Å². The number of nitrogens with one attached hydrogen (secondary N) is 3. The maximum Gasteiger partial charge on any atom is 0.407 e. The summed E-state index contributed by atoms with van der Waals surface area (Å²) in [5.74, 6) is 0.315. The number of hydrogen-bond acceptors (Lipinski definition) is 9. The molecule has 2 fully saturated rings. The number of allylic oxidation sites excluding steroid dienone is 1. The van der Waals surface area contributed by atoms with E-state index >= 15 is 0 Å². The quantitative estimate of drug-likeness (QED) is 0.192. The molecule has 4 aliphatic heterocycles. The highest BCUT2D eigenvalue weighted by Gasteiger charge is 2.41. The van der Waals surface area contributed by atoms with Gasteiger partial charge in [0.2, 0.25) is 11.8 Å². The maximum atomic E-state index is 13.9. The number of benzene rings is 3. The number of methoxy groups -OCH3 is 2. The van der Waals surface area contributed by atoms with Crippen molar-refractivity contribution in [3.63, 3.8) is 0 Å². The molecule has 0 aromatic heterocycles. The van der Waals surface area contributed by atoms with Crippen molar-refractivity contribution in [2.45, 2.75) is 103 Å². The van der Waals surface area contributed by atoms with E-state index in [4.69, 9.17) is 19.5 Å². The molecule has 3 N–H and O–H groups in total. The standard InChI is InChI=1S/C46H57N7O6/c1-26(2)39(49-44(56)58-7)42(54)52-19-9-11-37(52)36-24-33(25-47-36)31-16-15-28-21-30(14-13-29(28)22-31)32-17-18-34-35(23-32)48-41(51-46(34,5)6)38-12-10-20-53(38)43(55)40(27(3)4)50-45(57)59-8/h13-18,21-23,25-27,37-40H,9-12,19-20,24H2,1-8H3,(H,48,51)(H,49,56)(H,50,57)/t37-,38-,39-,40-/m0/s1. The molecule has 59 heavy (non-hydrogen) atoms. The summed E-state index contributed by atoms with van der Waals surface area (Å²) in [5.41, 5.74) is 6.85. The van der Waals surface area contributed by atoms with Crippen LogP contribution in [0.5, 0.6) is 0 Å². The van der Waals surface area contributed by atoms with Crippen molar-refractivity contribution in [2.75, 3.05) is 32.6 Å². The molecule has 0 saturated carbocycles. The van der Waals surface area contributed by atoms with Crippen LogP contribution in [0, 0.1) is 11.8 Å². The van der Waals surface area contributed by atoms with Crippen LogP contribution in [0.25, 0.3) is 27.5 Å². The summed E-state index contributed by atoms with van der Waals surface area (Å²) in [4.78, 5) is 65.4. The number of hydrogen-bond donors (Lipinski definition) is 3. The van der Waals surface area contributed by atoms with Crippen LogP contribution in [0.2, 0.25) is 0 Å². The lowest BCUT2D eigenvalue weighted by Gasteiger charge is -2.36. The van der Waals surface area contributed by atoms with E-state index < -0.39 is 29.8 Å². The fourth-order valence-corrected chi connectivity index (χ4v) is 8.95. The van der Waals surface area contributed by atoms with Gasteiger partial charge in [-0.15, -0.1) is 0 Å². The molecule has 4 amide bonds. The van der Waals surface area contributed by atoms with Gasteiger partial charge in [-0.1, -0.05) is 64.1 Å². The van der Waals surface area contributed by atoms with Gasteiger partial charge in [0.15, 0.2) is 0 Å². The minimum Gasteiger partial charge on any atom is -0.453 e. The third-order valence-electron chi connectivity index (χ3n) is 12.2. The van der Waals surface area contributed by atoms with Crippen LogP contribution in [0.4, 0.5) is 15.3 Å². The summed E-state index contributed by atoms with van der Waals surface area (Å²) >= 11 is 0. The van der Waals surface area contributed by atoms with E-state index in [1.165, 1.54) is 14.2 Å². The first-order chi connectivity index (χ1) is 28.2. The van der Waals surface area contributed by atoms with Crippen LogP contribution in [0.15, 0.2) is 70.8 Å². The van der Waals surface area contributed by atoms with Crippen LogP contribution in [-0.4, -0.2) is 96.8 Å². The number of anilines is 1. The fraction of sp³-hybridized carbons (Fsp3) is 0.478. The Morgan fingerprint density at radius 2 is 1.27 bits per heavy atom. The van der Waals surface area contributed by atoms with Crippen LogP contribution in [0.1, 0.15) is 84.8 Å². The highest BCUT2D eigenvalue weighted by Crippen LogP contribution is 2.40. The summed E-state index contributed by atoms with van der Waals surface area (Å²) in [6, 6.07) is 17.8. The van der Waals surface area contributed by atoms with Crippen molar-refractivity contribution < 1.29 is 28.7 Å². The van der Waals surface area contributed by atoms with Gasteiger partial charge in [0.25, 0.3) is 0 Å². The molecular formula is C46H57N7O6. The topological polar surface area (TPSA) is 154 Å². The lowest BCUT2D eigenvalue weighted by atomic mass is 9.88. The molecule has 0 bridgehead atoms. The molecule has 4 heterocycles. The Kier molecular flexibility index (Phi) is 11.8. The summed E-state index contributed by atoms with van der Waals surface area (Å²) in [5, 5.41) is 11.3. The first-order valence-corrected chi connectivity index (χ1v) is 20.8. The van der Waals surface area contributed by atoms with E-state index in [2.05, 4.69) is 84.4 Å². The number of ether oxygens (including phenoxy) is 2. The van der Waals surface area contributed by atoms with Crippen molar-refractivity contribution in [3.8, 4) is 11.1 Å². The SMILES string of the molecule is COC(=O)N[C@H](C(=O)N1CCC[C@H]1C1=NC=C(c2ccc3cc(-c4ccc5c(c4)NC([C@@H]4CCCN4C(=O)[C@@H](NC(=O)OC)C(C)C)=NC5(C)C)ccc3c2)C1)C(C)C. The molecule has 2 saturated heterocycles. The number of amides is 4. The van der Waals surface area contributed by atoms with E-state index in [1.54, 1.807) is 0 Å². The third kappa shape index (κ3) is 8.42. The summed E-state index contributed by atoms with van der Waals surface area (Å²) < 4.78 is 9.60. The van der Waals surface area contributed by atoms with Gasteiger partial charge in [-0.2, -0.15) is 0 Å². The Hall–Kier alpha value is -5.72. The molecule has 3 aromatic rings. The highest BCUT2D eigenvalue weighted by molar-refractivity contribution is 6.06. The smallest absolute Gasteiger partial charge is 0.407 e. The normalized spacial score (nSPS) is 20.7. The van der Waals surface area contributed by atoms with E-state index in [0.717, 1.165) is 81.5 Å². The van der Waals surface area contributed by atoms with Gasteiger partial charge in [-0.05, 0) is 103 Å². The van der Waals surface area contributed by atoms with Gasteiger partial charge >= 0.3 is 12.2 Å². The van der Waals surface area contributed by atoms with E-state index in [-0.39, 0.29) is 35.7 Å². The average molecular weight is 804 g/mol. The molecule has 0 radical (unpaired) electrons. The highest BCUT2D eigenvalue weighted by atomic mass is 16.5. The minimum atomic E-state index is -0.703. The van der Waals surface area contributed by atoms with E-state index in [9.17, 15) is 19.2 Å². The maximum absolute atomic E-state index is 13.9. The van der Waals surface area contributed by atoms with E-state index in [1.807, 2.05) is 43.7 Å². The number of likely N-dealkylation sites (tertiary alicyclic amines) is 2. The fourth-order valence-electron chi connectivity index (χ4n) is 8.95. The van der Waals surface area contributed by atoms with Crippen LogP contribution in [-0.2, 0) is 24.6 Å². The van der Waals surface area contributed by atoms with Gasteiger partial charge in [-0.25, -0.2) is 9.59 Å². The lowest BCUT2D eigenvalue weighted by Crippen LogP contribution is -2.55. The molecule has 0 spiro atoms. The Morgan fingerprint density at radius 1 is 0.746 bits per heavy atom. The molecule has 3 aromatic carbocycles. The summed E-state index contributed by atoms with van der Waals surface area (Å²) in [6.45, 7) is 13.1. The lowest BCUT2D eigenvalue weighted by molar-refractivity contribution is -0.134. The van der Waals surface area contributed by atoms with Crippen LogP contribution < -0.4 is 16.0 Å². The Morgan fingerprint density at radius 3 is 1.86 bits per heavy atom. The molecule has 312 valence electrons. The predicted molar refractivity (Wildman–Crippen MR) is 231 cm³/mol. The van der Waals surface area contributed by atoms with Gasteiger partial charge in [0.1, 0.15) is 17.9 Å². The molecule has 13 nitrogen and oxygen atoms in total. The van der Waals surface area contributed by atoms with Crippen LogP contribution >= 0.6 is 0 Å². The van der Waals surface area contributed by atoms with Crippen molar-refractivity contribution in [3.05, 3.63) is 71.9 Å². The van der Waals surface area contributed by atoms with Crippen LogP contribution in [0.3, 0.4) is 0 Å². The Bertz CT molecular complexity index is 2240. The van der Waals surface area contributed by atoms with Gasteiger partial charge in [-0.3, -0.25) is 19.6 Å². The largest absolute Gasteiger partial charge is 0.453 e. The molecule has 4 atom stereocenters. The molecule has 7 rings (SSSR count). The predicted octanol–water partition coefficient (Wildman–Crippen LogP) is 7.49. The molecule has 4 aliphatic rings. The summed E-state index contributed by atoms with van der Waals surface area (Å²) in [7, 11) is 2.60. The molecular weight excluding hydrogens is 747 g/mol. The number of amidine groups is 1. The number of rotatable bonds is 10. The first kappa shape index (κ1) is 41.4. The zero-order valence-electron chi connectivity index (χ0n) is 35.4. The van der Waals surface area contributed by atoms with Crippen molar-refractivity contribution in [2.24, 2.45) is 21.8 Å².